The third kappa shape index (κ3) is 1.15. The van der Waals surface area contributed by atoms with E-state index < -0.39 is 0 Å². The van der Waals surface area contributed by atoms with E-state index in [9.17, 15) is 0 Å². The second kappa shape index (κ2) is 3.17. The smallest absolute Gasteiger partial charge is 0.156 e. The van der Waals surface area contributed by atoms with Crippen LogP contribution in [0.1, 0.15) is 5.56 Å². The second-order valence-electron chi connectivity index (χ2n) is 3.86. The topological polar surface area (TPSA) is 41.2 Å². The molecule has 0 aliphatic heterocycles. The standard InChI is InChI=1S/C13H11N3/c1-9-5-4-8-16-11-7-3-2-6-10(11)12(14)15-13(9)16/h2-8,14H,1H3. The number of fused-ring (bicyclic) bond motifs is 3. The van der Waals surface area contributed by atoms with Gasteiger partial charge >= 0.3 is 0 Å². The molecule has 3 aromatic rings. The number of benzene rings is 1. The van der Waals surface area contributed by atoms with Crippen LogP contribution in [0.2, 0.25) is 0 Å². The Bertz CT molecular complexity index is 741. The maximum Gasteiger partial charge on any atom is 0.156 e. The molecule has 0 atom stereocenters. The van der Waals surface area contributed by atoms with Gasteiger partial charge in [0, 0.05) is 11.6 Å². The Morgan fingerprint density at radius 2 is 1.94 bits per heavy atom. The summed E-state index contributed by atoms with van der Waals surface area (Å²) in [5.41, 5.74) is 3.30. The van der Waals surface area contributed by atoms with Gasteiger partial charge in [0.05, 0.1) is 5.52 Å². The predicted molar refractivity (Wildman–Crippen MR) is 63.3 cm³/mol. The minimum absolute atomic E-state index is 0.338. The van der Waals surface area contributed by atoms with Crippen LogP contribution in [0.3, 0.4) is 0 Å². The van der Waals surface area contributed by atoms with Gasteiger partial charge in [-0.05, 0) is 30.7 Å². The Balaban J connectivity index is 2.70. The molecular weight excluding hydrogens is 198 g/mol. The minimum atomic E-state index is 0.338. The molecule has 1 aromatic carbocycles. The highest BCUT2D eigenvalue weighted by molar-refractivity contribution is 5.80. The highest BCUT2D eigenvalue weighted by Gasteiger charge is 2.03. The van der Waals surface area contributed by atoms with Crippen molar-refractivity contribution in [2.45, 2.75) is 6.92 Å². The largest absolute Gasteiger partial charge is 0.301 e. The lowest BCUT2D eigenvalue weighted by Gasteiger charge is -2.07. The van der Waals surface area contributed by atoms with Gasteiger partial charge in [0.2, 0.25) is 0 Å². The third-order valence-corrected chi connectivity index (χ3v) is 2.80. The van der Waals surface area contributed by atoms with Gasteiger partial charge in [-0.15, -0.1) is 0 Å². The maximum atomic E-state index is 7.92. The van der Waals surface area contributed by atoms with Gasteiger partial charge < -0.3 is 4.40 Å². The maximum absolute atomic E-state index is 7.92. The van der Waals surface area contributed by atoms with Crippen LogP contribution in [0.15, 0.2) is 42.6 Å². The zero-order valence-corrected chi connectivity index (χ0v) is 8.94. The lowest BCUT2D eigenvalue weighted by atomic mass is 10.2. The molecule has 0 spiro atoms. The first-order valence-corrected chi connectivity index (χ1v) is 5.19. The molecule has 2 heterocycles. The quantitative estimate of drug-likeness (QED) is 0.567. The number of para-hydroxylation sites is 1. The van der Waals surface area contributed by atoms with Crippen LogP contribution in [0.4, 0.5) is 0 Å². The molecule has 0 aliphatic rings. The Labute approximate surface area is 92.5 Å². The fourth-order valence-electron chi connectivity index (χ4n) is 2.00. The Kier molecular flexibility index (Phi) is 1.80. The molecule has 3 nitrogen and oxygen atoms in total. The van der Waals surface area contributed by atoms with Crippen molar-refractivity contribution < 1.29 is 0 Å². The van der Waals surface area contributed by atoms with Gasteiger partial charge in [-0.25, -0.2) is 4.98 Å². The van der Waals surface area contributed by atoms with Crippen LogP contribution in [0, 0.1) is 12.3 Å². The average Bonchev–Trinajstić information content (AvgIpc) is 2.31. The van der Waals surface area contributed by atoms with Crippen LogP contribution in [0.25, 0.3) is 16.6 Å². The van der Waals surface area contributed by atoms with Crippen LogP contribution in [-0.4, -0.2) is 9.38 Å². The summed E-state index contributed by atoms with van der Waals surface area (Å²) >= 11 is 0. The van der Waals surface area contributed by atoms with E-state index in [-0.39, 0.29) is 0 Å². The van der Waals surface area contributed by atoms with Crippen LogP contribution in [-0.2, 0) is 0 Å². The summed E-state index contributed by atoms with van der Waals surface area (Å²) in [6.07, 6.45) is 1.98. The predicted octanol–water partition coefficient (Wildman–Crippen LogP) is 2.28. The summed E-state index contributed by atoms with van der Waals surface area (Å²) in [5.74, 6) is 0. The first-order valence-electron chi connectivity index (χ1n) is 5.19. The third-order valence-electron chi connectivity index (χ3n) is 2.80. The van der Waals surface area contributed by atoms with Gasteiger partial charge in [0.15, 0.2) is 5.49 Å². The summed E-state index contributed by atoms with van der Waals surface area (Å²) in [6.45, 7) is 2.01. The number of hydrogen-bond donors (Lipinski definition) is 1. The lowest BCUT2D eigenvalue weighted by Crippen LogP contribution is -2.11. The fraction of sp³-hybridized carbons (Fsp3) is 0.0769. The molecule has 0 saturated heterocycles. The first-order chi connectivity index (χ1) is 7.77. The van der Waals surface area contributed by atoms with Crippen molar-refractivity contribution in [3.05, 3.63) is 53.6 Å². The van der Waals surface area contributed by atoms with Crippen molar-refractivity contribution >= 4 is 16.6 Å². The number of aromatic nitrogens is 2. The summed E-state index contributed by atoms with van der Waals surface area (Å²) in [4.78, 5) is 4.33. The molecule has 0 fully saturated rings. The highest BCUT2D eigenvalue weighted by atomic mass is 15.0. The van der Waals surface area contributed by atoms with Gasteiger partial charge in [0.25, 0.3) is 0 Å². The van der Waals surface area contributed by atoms with Gasteiger partial charge in [-0.1, -0.05) is 18.2 Å². The van der Waals surface area contributed by atoms with Gasteiger partial charge in [-0.2, -0.15) is 0 Å². The number of nitrogens with one attached hydrogen (secondary N) is 1. The summed E-state index contributed by atoms with van der Waals surface area (Å²) in [7, 11) is 0. The molecule has 16 heavy (non-hydrogen) atoms. The van der Waals surface area contributed by atoms with E-state index in [0.717, 1.165) is 22.1 Å². The summed E-state index contributed by atoms with van der Waals surface area (Å²) < 4.78 is 2.03. The zero-order valence-electron chi connectivity index (χ0n) is 8.94. The first kappa shape index (κ1) is 9.09. The van der Waals surface area contributed by atoms with Crippen LogP contribution >= 0.6 is 0 Å². The van der Waals surface area contributed by atoms with E-state index >= 15 is 0 Å². The van der Waals surface area contributed by atoms with Crippen LogP contribution in [0.5, 0.6) is 0 Å². The fourth-order valence-corrected chi connectivity index (χ4v) is 2.00. The van der Waals surface area contributed by atoms with Crippen molar-refractivity contribution in [2.75, 3.05) is 0 Å². The van der Waals surface area contributed by atoms with E-state index in [4.69, 9.17) is 5.41 Å². The molecule has 0 amide bonds. The molecule has 0 saturated carbocycles. The second-order valence-corrected chi connectivity index (χ2v) is 3.86. The Morgan fingerprint density at radius 1 is 1.12 bits per heavy atom. The Morgan fingerprint density at radius 3 is 2.81 bits per heavy atom. The molecule has 1 N–H and O–H groups in total. The molecule has 78 valence electrons. The van der Waals surface area contributed by atoms with Crippen molar-refractivity contribution in [3.63, 3.8) is 0 Å². The van der Waals surface area contributed by atoms with Crippen molar-refractivity contribution in [2.24, 2.45) is 0 Å². The number of rotatable bonds is 0. The lowest BCUT2D eigenvalue weighted by molar-refractivity contribution is 1.06. The molecule has 2 aromatic heterocycles. The molecule has 0 aliphatic carbocycles. The number of hydrogen-bond acceptors (Lipinski definition) is 2. The van der Waals surface area contributed by atoms with E-state index in [1.54, 1.807) is 0 Å². The molecule has 0 unspecified atom stereocenters. The van der Waals surface area contributed by atoms with E-state index in [0.29, 0.717) is 5.49 Å². The molecular formula is C13H11N3. The van der Waals surface area contributed by atoms with E-state index in [1.165, 1.54) is 0 Å². The van der Waals surface area contributed by atoms with E-state index in [1.807, 2.05) is 53.9 Å². The SMILES string of the molecule is Cc1cccn2c1nc(=N)c1ccccc12. The highest BCUT2D eigenvalue weighted by Crippen LogP contribution is 2.13. The number of pyridine rings is 1. The average molecular weight is 209 g/mol. The number of aryl methyl sites for hydroxylation is 1. The molecule has 3 heteroatoms. The van der Waals surface area contributed by atoms with Crippen LogP contribution < -0.4 is 5.49 Å². The van der Waals surface area contributed by atoms with Gasteiger partial charge in [-0.3, -0.25) is 5.41 Å². The van der Waals surface area contributed by atoms with Crippen molar-refractivity contribution in [3.8, 4) is 0 Å². The van der Waals surface area contributed by atoms with E-state index in [2.05, 4.69) is 4.98 Å². The van der Waals surface area contributed by atoms with Gasteiger partial charge in [0.1, 0.15) is 5.65 Å². The van der Waals surface area contributed by atoms with Crippen molar-refractivity contribution in [1.29, 1.82) is 5.41 Å². The summed E-state index contributed by atoms with van der Waals surface area (Å²) in [5, 5.41) is 8.80. The Hall–Kier alpha value is -2.16. The van der Waals surface area contributed by atoms with Crippen molar-refractivity contribution in [1.82, 2.24) is 9.38 Å². The zero-order chi connectivity index (χ0) is 11.1. The monoisotopic (exact) mass is 209 g/mol. The molecule has 3 rings (SSSR count). The minimum Gasteiger partial charge on any atom is -0.301 e. The normalized spacial score (nSPS) is 11.1. The number of nitrogens with zero attached hydrogens (tertiary/aromatic N) is 2. The molecule has 0 bridgehead atoms. The molecule has 0 radical (unpaired) electrons. The summed E-state index contributed by atoms with van der Waals surface area (Å²) in [6, 6.07) is 11.9.